The number of nitrogens with one attached hydrogen (secondary N) is 1. The average Bonchev–Trinajstić information content (AvgIpc) is 2.99. The second kappa shape index (κ2) is 8.71. The summed E-state index contributed by atoms with van der Waals surface area (Å²) >= 11 is 0. The Morgan fingerprint density at radius 3 is 2.52 bits per heavy atom. The summed E-state index contributed by atoms with van der Waals surface area (Å²) < 4.78 is 26.9. The van der Waals surface area contributed by atoms with E-state index >= 15 is 0 Å². The number of hydrogen-bond donors (Lipinski definition) is 1. The molecule has 0 bridgehead atoms. The van der Waals surface area contributed by atoms with Crippen LogP contribution in [0.15, 0.2) is 23.1 Å². The van der Waals surface area contributed by atoms with Gasteiger partial charge in [0, 0.05) is 31.9 Å². The van der Waals surface area contributed by atoms with Crippen LogP contribution >= 0.6 is 12.4 Å². The van der Waals surface area contributed by atoms with Crippen LogP contribution in [0.3, 0.4) is 0 Å². The Bertz CT molecular complexity index is 671. The van der Waals surface area contributed by atoms with Gasteiger partial charge in [0.15, 0.2) is 0 Å². The molecule has 3 rings (SSSR count). The largest absolute Gasteiger partial charge is 0.371 e. The van der Waals surface area contributed by atoms with Gasteiger partial charge in [-0.1, -0.05) is 13.8 Å². The Hall–Kier alpha value is -0.820. The molecule has 1 fully saturated rings. The number of anilines is 1. The smallest absolute Gasteiger partial charge is 0.243 e. The zero-order chi connectivity index (χ0) is 17.2. The first-order valence-electron chi connectivity index (χ1n) is 9.15. The van der Waals surface area contributed by atoms with Gasteiger partial charge < -0.3 is 10.2 Å². The van der Waals surface area contributed by atoms with Gasteiger partial charge in [0.1, 0.15) is 0 Å². The van der Waals surface area contributed by atoms with E-state index in [2.05, 4.69) is 10.2 Å². The van der Waals surface area contributed by atoms with Crippen molar-refractivity contribution in [2.75, 3.05) is 44.2 Å². The molecule has 0 aromatic heterocycles. The maximum Gasteiger partial charge on any atom is 0.243 e. The minimum atomic E-state index is -3.36. The highest BCUT2D eigenvalue weighted by atomic mass is 35.5. The molecular weight excluding hydrogens is 358 g/mol. The molecule has 0 atom stereocenters. The number of benzene rings is 1. The lowest BCUT2D eigenvalue weighted by Gasteiger charge is -2.29. The molecule has 1 aromatic carbocycles. The fourth-order valence-corrected chi connectivity index (χ4v) is 5.39. The van der Waals surface area contributed by atoms with Gasteiger partial charge >= 0.3 is 0 Å². The Morgan fingerprint density at radius 1 is 1.20 bits per heavy atom. The van der Waals surface area contributed by atoms with Crippen molar-refractivity contribution in [2.24, 2.45) is 5.92 Å². The van der Waals surface area contributed by atoms with Crippen molar-refractivity contribution in [3.05, 3.63) is 23.8 Å². The molecule has 7 heteroatoms. The van der Waals surface area contributed by atoms with Gasteiger partial charge in [0.25, 0.3) is 0 Å². The number of halogens is 1. The predicted molar refractivity (Wildman–Crippen MR) is 105 cm³/mol. The zero-order valence-electron chi connectivity index (χ0n) is 15.2. The van der Waals surface area contributed by atoms with E-state index in [0.717, 1.165) is 38.5 Å². The maximum atomic E-state index is 12.7. The summed E-state index contributed by atoms with van der Waals surface area (Å²) in [6.07, 6.45) is 3.42. The molecule has 1 aromatic rings. The summed E-state index contributed by atoms with van der Waals surface area (Å²) in [4.78, 5) is 2.88. The SMILES string of the molecule is CCN(CC)S(=O)(=O)c1ccc2c(c1)CCN2CC1CCNCC1.Cl. The Balaban J connectivity index is 0.00000225. The molecular formula is C18H30ClN3O2S. The number of nitrogens with zero attached hydrogens (tertiary/aromatic N) is 2. The van der Waals surface area contributed by atoms with E-state index in [9.17, 15) is 8.42 Å². The first-order chi connectivity index (χ1) is 11.6. The van der Waals surface area contributed by atoms with Crippen molar-refractivity contribution in [3.63, 3.8) is 0 Å². The second-order valence-corrected chi connectivity index (χ2v) is 8.71. The number of rotatable bonds is 6. The van der Waals surface area contributed by atoms with Crippen LogP contribution in [-0.2, 0) is 16.4 Å². The Morgan fingerprint density at radius 2 is 1.88 bits per heavy atom. The van der Waals surface area contributed by atoms with Crippen molar-refractivity contribution in [3.8, 4) is 0 Å². The molecule has 142 valence electrons. The van der Waals surface area contributed by atoms with Crippen LogP contribution in [0, 0.1) is 5.92 Å². The van der Waals surface area contributed by atoms with E-state index in [1.54, 1.807) is 6.07 Å². The van der Waals surface area contributed by atoms with Crippen LogP contribution in [0.4, 0.5) is 5.69 Å². The summed E-state index contributed by atoms with van der Waals surface area (Å²) in [5, 5.41) is 3.41. The zero-order valence-corrected chi connectivity index (χ0v) is 16.8. The summed E-state index contributed by atoms with van der Waals surface area (Å²) in [6, 6.07) is 5.69. The molecule has 1 saturated heterocycles. The minimum absolute atomic E-state index is 0. The second-order valence-electron chi connectivity index (χ2n) is 6.77. The van der Waals surface area contributed by atoms with Gasteiger partial charge in [0.2, 0.25) is 10.0 Å². The quantitative estimate of drug-likeness (QED) is 0.814. The normalized spacial score (nSPS) is 18.3. The van der Waals surface area contributed by atoms with Crippen LogP contribution < -0.4 is 10.2 Å². The van der Waals surface area contributed by atoms with Gasteiger partial charge in [-0.15, -0.1) is 12.4 Å². The van der Waals surface area contributed by atoms with Crippen molar-refractivity contribution in [1.29, 1.82) is 0 Å². The number of piperidine rings is 1. The molecule has 2 aliphatic rings. The summed E-state index contributed by atoms with van der Waals surface area (Å²) in [5.74, 6) is 0.747. The molecule has 0 amide bonds. The van der Waals surface area contributed by atoms with Crippen LogP contribution in [0.5, 0.6) is 0 Å². The molecule has 0 spiro atoms. The number of hydrogen-bond acceptors (Lipinski definition) is 4. The third kappa shape index (κ3) is 4.30. The minimum Gasteiger partial charge on any atom is -0.371 e. The van der Waals surface area contributed by atoms with Crippen LogP contribution in [-0.4, -0.2) is 52.0 Å². The lowest BCUT2D eigenvalue weighted by molar-refractivity contribution is 0.375. The first-order valence-corrected chi connectivity index (χ1v) is 10.6. The van der Waals surface area contributed by atoms with Crippen molar-refractivity contribution >= 4 is 28.1 Å². The highest BCUT2D eigenvalue weighted by molar-refractivity contribution is 7.89. The van der Waals surface area contributed by atoms with Gasteiger partial charge in [-0.05, 0) is 62.0 Å². The van der Waals surface area contributed by atoms with Gasteiger partial charge in [-0.2, -0.15) is 4.31 Å². The van der Waals surface area contributed by atoms with E-state index in [1.807, 2.05) is 26.0 Å². The van der Waals surface area contributed by atoms with E-state index in [-0.39, 0.29) is 12.4 Å². The Labute approximate surface area is 158 Å². The van der Waals surface area contributed by atoms with Gasteiger partial charge in [-0.3, -0.25) is 0 Å². The molecule has 0 unspecified atom stereocenters. The molecule has 5 nitrogen and oxygen atoms in total. The average molecular weight is 388 g/mol. The monoisotopic (exact) mass is 387 g/mol. The fourth-order valence-electron chi connectivity index (χ4n) is 3.89. The standard InChI is InChI=1S/C18H29N3O2S.ClH/c1-3-21(4-2)24(22,23)17-5-6-18-16(13-17)9-12-20(18)14-15-7-10-19-11-8-15;/h5-6,13,15,19H,3-4,7-12,14H2,1-2H3;1H. The summed E-state index contributed by atoms with van der Waals surface area (Å²) in [5.41, 5.74) is 2.41. The molecule has 0 radical (unpaired) electrons. The fraction of sp³-hybridized carbons (Fsp3) is 0.667. The molecule has 0 saturated carbocycles. The molecule has 2 aliphatic heterocycles. The van der Waals surface area contributed by atoms with Crippen LogP contribution in [0.1, 0.15) is 32.3 Å². The van der Waals surface area contributed by atoms with Crippen LogP contribution in [0.25, 0.3) is 0 Å². The molecule has 25 heavy (non-hydrogen) atoms. The molecule has 0 aliphatic carbocycles. The third-order valence-corrected chi connectivity index (χ3v) is 7.37. The molecule has 2 heterocycles. The lowest BCUT2D eigenvalue weighted by Crippen LogP contribution is -2.35. The highest BCUT2D eigenvalue weighted by Crippen LogP contribution is 2.32. The van der Waals surface area contributed by atoms with E-state index < -0.39 is 10.0 Å². The highest BCUT2D eigenvalue weighted by Gasteiger charge is 2.27. The molecule has 1 N–H and O–H groups in total. The summed E-state index contributed by atoms with van der Waals surface area (Å²) in [6.45, 7) is 9.13. The van der Waals surface area contributed by atoms with E-state index in [1.165, 1.54) is 28.4 Å². The topological polar surface area (TPSA) is 52.7 Å². The van der Waals surface area contributed by atoms with Crippen molar-refractivity contribution < 1.29 is 8.42 Å². The van der Waals surface area contributed by atoms with Gasteiger partial charge in [-0.25, -0.2) is 8.42 Å². The number of fused-ring (bicyclic) bond motifs is 1. The summed E-state index contributed by atoms with van der Waals surface area (Å²) in [7, 11) is -3.36. The van der Waals surface area contributed by atoms with E-state index in [0.29, 0.717) is 18.0 Å². The third-order valence-electron chi connectivity index (χ3n) is 5.32. The van der Waals surface area contributed by atoms with E-state index in [4.69, 9.17) is 0 Å². The number of sulfonamides is 1. The van der Waals surface area contributed by atoms with Gasteiger partial charge in [0.05, 0.1) is 4.90 Å². The van der Waals surface area contributed by atoms with Crippen molar-refractivity contribution in [1.82, 2.24) is 9.62 Å². The Kier molecular flexibility index (Phi) is 7.14. The van der Waals surface area contributed by atoms with Crippen molar-refractivity contribution in [2.45, 2.75) is 38.0 Å². The lowest BCUT2D eigenvalue weighted by atomic mass is 9.97. The maximum absolute atomic E-state index is 12.7. The first kappa shape index (κ1) is 20.5. The van der Waals surface area contributed by atoms with Crippen LogP contribution in [0.2, 0.25) is 0 Å². The predicted octanol–water partition coefficient (Wildman–Crippen LogP) is 2.50.